The Hall–Kier alpha value is -1.82. The first-order valence-corrected chi connectivity index (χ1v) is 8.95. The molecule has 0 N–H and O–H groups in total. The van der Waals surface area contributed by atoms with Crippen LogP contribution in [0.5, 0.6) is 0 Å². The Morgan fingerprint density at radius 3 is 2.42 bits per heavy atom. The summed E-state index contributed by atoms with van der Waals surface area (Å²) in [6, 6.07) is 8.01. The highest BCUT2D eigenvalue weighted by Crippen LogP contribution is 2.27. The predicted octanol–water partition coefficient (Wildman–Crippen LogP) is 4.66. The number of hydrogen-bond acceptors (Lipinski definition) is 2. The van der Waals surface area contributed by atoms with Gasteiger partial charge < -0.3 is 9.80 Å². The van der Waals surface area contributed by atoms with Crippen LogP contribution in [0.2, 0.25) is 15.1 Å². The third-order valence-corrected chi connectivity index (χ3v) is 5.33. The van der Waals surface area contributed by atoms with Gasteiger partial charge in [0.25, 0.3) is 5.91 Å². The molecule has 2 aromatic carbocycles. The van der Waals surface area contributed by atoms with Crippen molar-refractivity contribution in [3.05, 3.63) is 62.8 Å². The van der Waals surface area contributed by atoms with E-state index in [1.165, 1.54) is 34.1 Å². The lowest BCUT2D eigenvalue weighted by Crippen LogP contribution is -2.57. The first-order valence-electron chi connectivity index (χ1n) is 7.82. The summed E-state index contributed by atoms with van der Waals surface area (Å²) in [5.41, 5.74) is 0.854. The zero-order valence-electron chi connectivity index (χ0n) is 13.7. The quantitative estimate of drug-likeness (QED) is 0.715. The minimum absolute atomic E-state index is 0.0581. The first-order chi connectivity index (χ1) is 12.3. The number of hydrogen-bond donors (Lipinski definition) is 0. The number of carbonyl (C=O) groups excluding carboxylic acids is 2. The van der Waals surface area contributed by atoms with Gasteiger partial charge in [-0.3, -0.25) is 9.59 Å². The van der Waals surface area contributed by atoms with Crippen molar-refractivity contribution in [1.29, 1.82) is 0 Å². The first kappa shape index (κ1) is 19.0. The van der Waals surface area contributed by atoms with Crippen molar-refractivity contribution in [1.82, 2.24) is 4.90 Å². The van der Waals surface area contributed by atoms with E-state index in [0.29, 0.717) is 22.8 Å². The van der Waals surface area contributed by atoms with E-state index >= 15 is 0 Å². The van der Waals surface area contributed by atoms with Gasteiger partial charge in [-0.05, 0) is 43.3 Å². The van der Waals surface area contributed by atoms with Gasteiger partial charge in [-0.25, -0.2) is 4.39 Å². The molecule has 1 atom stereocenters. The van der Waals surface area contributed by atoms with Crippen molar-refractivity contribution in [3.63, 3.8) is 0 Å². The molecule has 1 saturated heterocycles. The van der Waals surface area contributed by atoms with Gasteiger partial charge >= 0.3 is 0 Å². The fourth-order valence-electron chi connectivity index (χ4n) is 2.85. The maximum absolute atomic E-state index is 13.3. The summed E-state index contributed by atoms with van der Waals surface area (Å²) in [4.78, 5) is 28.5. The fraction of sp³-hybridized carbons (Fsp3) is 0.222. The van der Waals surface area contributed by atoms with Crippen LogP contribution in [0.25, 0.3) is 0 Å². The second-order valence-corrected chi connectivity index (χ2v) is 7.11. The van der Waals surface area contributed by atoms with Crippen molar-refractivity contribution in [2.45, 2.75) is 13.0 Å². The van der Waals surface area contributed by atoms with Crippen molar-refractivity contribution < 1.29 is 14.0 Å². The third-order valence-electron chi connectivity index (χ3n) is 4.30. The molecule has 1 heterocycles. The Kier molecular flexibility index (Phi) is 5.42. The van der Waals surface area contributed by atoms with Gasteiger partial charge in [-0.1, -0.05) is 34.8 Å². The standard InChI is InChI=1S/C18H14Cl3FN2O2/c1-10-17(25)24(12-3-5-16(22)15(21)9-12)7-6-23(10)18(26)11-2-4-13(19)14(20)8-11/h2-5,8-10H,6-7H2,1H3/t10-/m1/s1. The molecule has 1 aliphatic heterocycles. The van der Waals surface area contributed by atoms with Crippen LogP contribution in [-0.2, 0) is 4.79 Å². The van der Waals surface area contributed by atoms with Gasteiger partial charge in [0, 0.05) is 24.3 Å². The molecule has 0 bridgehead atoms. The SMILES string of the molecule is C[C@@H]1C(=O)N(c2ccc(F)c(Cl)c2)CCN1C(=O)c1ccc(Cl)c(Cl)c1. The van der Waals surface area contributed by atoms with Crippen LogP contribution in [0, 0.1) is 5.82 Å². The molecule has 1 aliphatic rings. The topological polar surface area (TPSA) is 40.6 Å². The molecule has 8 heteroatoms. The molecule has 1 fully saturated rings. The molecule has 0 spiro atoms. The molecule has 0 aliphatic carbocycles. The summed E-state index contributed by atoms with van der Waals surface area (Å²) in [7, 11) is 0. The summed E-state index contributed by atoms with van der Waals surface area (Å²) < 4.78 is 13.3. The third kappa shape index (κ3) is 3.52. The smallest absolute Gasteiger partial charge is 0.254 e. The average Bonchev–Trinajstić information content (AvgIpc) is 2.61. The molecular formula is C18H14Cl3FN2O2. The van der Waals surface area contributed by atoms with E-state index in [2.05, 4.69) is 0 Å². The number of carbonyl (C=O) groups is 2. The largest absolute Gasteiger partial charge is 0.325 e. The molecule has 0 unspecified atom stereocenters. The van der Waals surface area contributed by atoms with Crippen molar-refractivity contribution in [2.24, 2.45) is 0 Å². The number of rotatable bonds is 2. The van der Waals surface area contributed by atoms with Crippen LogP contribution in [0.4, 0.5) is 10.1 Å². The molecule has 2 aromatic rings. The fourth-order valence-corrected chi connectivity index (χ4v) is 3.32. The van der Waals surface area contributed by atoms with Crippen LogP contribution in [0.1, 0.15) is 17.3 Å². The van der Waals surface area contributed by atoms with Gasteiger partial charge in [0.05, 0.1) is 15.1 Å². The lowest BCUT2D eigenvalue weighted by Gasteiger charge is -2.39. The number of benzene rings is 2. The van der Waals surface area contributed by atoms with Gasteiger partial charge in [0.1, 0.15) is 11.9 Å². The minimum atomic E-state index is -0.686. The minimum Gasteiger partial charge on any atom is -0.325 e. The Bertz CT molecular complexity index is 891. The van der Waals surface area contributed by atoms with Gasteiger partial charge in [0.15, 0.2) is 0 Å². The van der Waals surface area contributed by atoms with Crippen LogP contribution in [-0.4, -0.2) is 35.8 Å². The van der Waals surface area contributed by atoms with E-state index in [9.17, 15) is 14.0 Å². The Morgan fingerprint density at radius 2 is 1.77 bits per heavy atom. The van der Waals surface area contributed by atoms with Gasteiger partial charge in [0.2, 0.25) is 5.91 Å². The second-order valence-electron chi connectivity index (χ2n) is 5.89. The maximum Gasteiger partial charge on any atom is 0.254 e. The van der Waals surface area contributed by atoms with E-state index < -0.39 is 11.9 Å². The zero-order chi connectivity index (χ0) is 19.0. The van der Waals surface area contributed by atoms with Crippen LogP contribution in [0.3, 0.4) is 0 Å². The average molecular weight is 416 g/mol. The number of piperazine rings is 1. The van der Waals surface area contributed by atoms with Gasteiger partial charge in [-0.2, -0.15) is 0 Å². The van der Waals surface area contributed by atoms with E-state index in [0.717, 1.165) is 0 Å². The summed E-state index contributed by atoms with van der Waals surface area (Å²) in [6.45, 7) is 2.24. The highest BCUT2D eigenvalue weighted by Gasteiger charge is 2.35. The monoisotopic (exact) mass is 414 g/mol. The second kappa shape index (κ2) is 7.43. The van der Waals surface area contributed by atoms with E-state index in [4.69, 9.17) is 34.8 Å². The lowest BCUT2D eigenvalue weighted by atomic mass is 10.1. The van der Waals surface area contributed by atoms with Crippen LogP contribution >= 0.6 is 34.8 Å². The maximum atomic E-state index is 13.3. The van der Waals surface area contributed by atoms with Crippen molar-refractivity contribution in [2.75, 3.05) is 18.0 Å². The summed E-state index contributed by atoms with van der Waals surface area (Å²) >= 11 is 17.7. The Morgan fingerprint density at radius 1 is 1.04 bits per heavy atom. The highest BCUT2D eigenvalue weighted by molar-refractivity contribution is 6.42. The molecule has 0 radical (unpaired) electrons. The number of anilines is 1. The molecule has 136 valence electrons. The van der Waals surface area contributed by atoms with E-state index in [1.807, 2.05) is 0 Å². The summed E-state index contributed by atoms with van der Waals surface area (Å²) in [5.74, 6) is -1.13. The molecule has 2 amide bonds. The van der Waals surface area contributed by atoms with Crippen LogP contribution in [0.15, 0.2) is 36.4 Å². The highest BCUT2D eigenvalue weighted by atomic mass is 35.5. The molecule has 0 saturated carbocycles. The predicted molar refractivity (Wildman–Crippen MR) is 101 cm³/mol. The van der Waals surface area contributed by atoms with E-state index in [-0.39, 0.29) is 28.4 Å². The Balaban J connectivity index is 1.81. The summed E-state index contributed by atoms with van der Waals surface area (Å²) in [6.07, 6.45) is 0. The molecule has 3 rings (SSSR count). The van der Waals surface area contributed by atoms with Crippen molar-refractivity contribution >= 4 is 52.3 Å². The van der Waals surface area contributed by atoms with Crippen molar-refractivity contribution in [3.8, 4) is 0 Å². The lowest BCUT2D eigenvalue weighted by molar-refractivity contribution is -0.124. The molecular weight excluding hydrogens is 402 g/mol. The Labute approximate surface area is 165 Å². The number of nitrogens with zero attached hydrogens (tertiary/aromatic N) is 2. The normalized spacial score (nSPS) is 17.6. The van der Waals surface area contributed by atoms with E-state index in [1.54, 1.807) is 19.1 Å². The van der Waals surface area contributed by atoms with Crippen LogP contribution < -0.4 is 4.90 Å². The number of amides is 2. The zero-order valence-corrected chi connectivity index (χ0v) is 15.9. The summed E-state index contributed by atoms with van der Waals surface area (Å²) in [5, 5.41) is 0.568. The van der Waals surface area contributed by atoms with Gasteiger partial charge in [-0.15, -0.1) is 0 Å². The molecule has 26 heavy (non-hydrogen) atoms. The number of halogens is 4. The molecule has 0 aromatic heterocycles. The molecule has 4 nitrogen and oxygen atoms in total.